The van der Waals surface area contributed by atoms with Crippen molar-refractivity contribution in [1.82, 2.24) is 19.2 Å². The highest BCUT2D eigenvalue weighted by molar-refractivity contribution is 7.99. The Kier molecular flexibility index (Phi) is 7.34. The fourth-order valence-electron chi connectivity index (χ4n) is 3.65. The van der Waals surface area contributed by atoms with Crippen LogP contribution in [-0.4, -0.2) is 49.8 Å². The van der Waals surface area contributed by atoms with Gasteiger partial charge in [-0.05, 0) is 36.2 Å². The van der Waals surface area contributed by atoms with E-state index in [2.05, 4.69) is 23.4 Å². The van der Waals surface area contributed by atoms with E-state index < -0.39 is 6.10 Å². The Morgan fingerprint density at radius 2 is 1.97 bits per heavy atom. The lowest BCUT2D eigenvalue weighted by Gasteiger charge is -2.15. The Balaban J connectivity index is 1.51. The molecule has 2 aromatic carbocycles. The third-order valence-corrected chi connectivity index (χ3v) is 6.31. The monoisotopic (exact) mass is 478 g/mol. The van der Waals surface area contributed by atoms with Crippen LogP contribution in [0.15, 0.2) is 77.7 Å². The summed E-state index contributed by atoms with van der Waals surface area (Å²) < 4.78 is 14.6. The molecule has 34 heavy (non-hydrogen) atoms. The van der Waals surface area contributed by atoms with Crippen LogP contribution in [0.4, 0.5) is 0 Å². The number of allylic oxidation sites excluding steroid dienone is 2. The van der Waals surface area contributed by atoms with Gasteiger partial charge < -0.3 is 14.6 Å². The van der Waals surface area contributed by atoms with E-state index >= 15 is 0 Å². The molecule has 9 heteroatoms. The van der Waals surface area contributed by atoms with Gasteiger partial charge in [-0.3, -0.25) is 13.8 Å². The summed E-state index contributed by atoms with van der Waals surface area (Å²) in [6, 6.07) is 13.0. The molecule has 0 saturated carbocycles. The van der Waals surface area contributed by atoms with Crippen LogP contribution < -0.4 is 15.0 Å². The third-order valence-electron chi connectivity index (χ3n) is 5.23. The smallest absolute Gasteiger partial charge is 0.263 e. The second-order valence-electron chi connectivity index (χ2n) is 7.59. The molecule has 4 aromatic rings. The largest absolute Gasteiger partial charge is 0.493 e. The molecule has 0 aliphatic carbocycles. The predicted octanol–water partition coefficient (Wildman–Crippen LogP) is 3.50. The number of nitrogens with zero attached hydrogens (tertiary/aromatic N) is 4. The van der Waals surface area contributed by atoms with Gasteiger partial charge in [0.15, 0.2) is 16.7 Å². The minimum Gasteiger partial charge on any atom is -0.493 e. The molecule has 176 valence electrons. The number of rotatable bonds is 11. The van der Waals surface area contributed by atoms with Gasteiger partial charge in [0.25, 0.3) is 5.56 Å². The highest BCUT2D eigenvalue weighted by Gasteiger charge is 2.18. The van der Waals surface area contributed by atoms with Crippen molar-refractivity contribution in [1.29, 1.82) is 0 Å². The molecule has 0 radical (unpaired) electrons. The number of fused-ring (bicyclic) bond motifs is 3. The van der Waals surface area contributed by atoms with E-state index in [0.717, 1.165) is 12.0 Å². The summed E-state index contributed by atoms with van der Waals surface area (Å²) in [5, 5.41) is 20.2. The van der Waals surface area contributed by atoms with Gasteiger partial charge in [0, 0.05) is 12.3 Å². The van der Waals surface area contributed by atoms with Crippen molar-refractivity contribution in [3.05, 3.63) is 83.7 Å². The molecular formula is C25H26N4O4S. The first kappa shape index (κ1) is 23.6. The molecule has 0 aliphatic heterocycles. The van der Waals surface area contributed by atoms with Gasteiger partial charge in [-0.1, -0.05) is 42.1 Å². The molecule has 2 heterocycles. The van der Waals surface area contributed by atoms with E-state index in [1.54, 1.807) is 19.3 Å². The maximum Gasteiger partial charge on any atom is 0.263 e. The quantitative estimate of drug-likeness (QED) is 0.261. The second kappa shape index (κ2) is 10.6. The number of aliphatic hydroxyl groups is 1. The predicted molar refractivity (Wildman–Crippen MR) is 134 cm³/mol. The molecule has 1 atom stereocenters. The van der Waals surface area contributed by atoms with E-state index in [1.807, 2.05) is 46.9 Å². The first-order chi connectivity index (χ1) is 16.6. The Morgan fingerprint density at radius 1 is 1.15 bits per heavy atom. The second-order valence-corrected chi connectivity index (χ2v) is 8.58. The number of aliphatic hydroxyl groups excluding tert-OH is 1. The highest BCUT2D eigenvalue weighted by atomic mass is 32.2. The van der Waals surface area contributed by atoms with Gasteiger partial charge in [0.05, 0.1) is 24.1 Å². The van der Waals surface area contributed by atoms with Crippen LogP contribution in [-0.2, 0) is 13.0 Å². The average molecular weight is 479 g/mol. The molecule has 1 N–H and O–H groups in total. The Bertz CT molecular complexity index is 1400. The van der Waals surface area contributed by atoms with Crippen molar-refractivity contribution in [2.24, 2.45) is 0 Å². The van der Waals surface area contributed by atoms with Crippen LogP contribution in [0, 0.1) is 0 Å². The van der Waals surface area contributed by atoms with Crippen molar-refractivity contribution in [2.75, 3.05) is 19.5 Å². The van der Waals surface area contributed by atoms with E-state index in [4.69, 9.17) is 9.47 Å². The molecule has 0 saturated heterocycles. The van der Waals surface area contributed by atoms with Crippen LogP contribution in [0.3, 0.4) is 0 Å². The lowest BCUT2D eigenvalue weighted by atomic mass is 10.1. The summed E-state index contributed by atoms with van der Waals surface area (Å²) >= 11 is 1.34. The van der Waals surface area contributed by atoms with Gasteiger partial charge >= 0.3 is 0 Å². The van der Waals surface area contributed by atoms with E-state index in [-0.39, 0.29) is 12.2 Å². The van der Waals surface area contributed by atoms with Crippen molar-refractivity contribution < 1.29 is 14.6 Å². The number of hydrogen-bond donors (Lipinski definition) is 1. The van der Waals surface area contributed by atoms with E-state index in [0.29, 0.717) is 45.6 Å². The summed E-state index contributed by atoms with van der Waals surface area (Å²) in [5.41, 5.74) is 1.63. The molecule has 0 spiro atoms. The Morgan fingerprint density at radius 3 is 2.74 bits per heavy atom. The minimum atomic E-state index is -0.764. The maximum absolute atomic E-state index is 12.9. The number of thioether (sulfide) groups is 1. The molecule has 0 amide bonds. The third kappa shape index (κ3) is 4.71. The van der Waals surface area contributed by atoms with Gasteiger partial charge in [0.2, 0.25) is 5.78 Å². The van der Waals surface area contributed by atoms with Crippen LogP contribution in [0.2, 0.25) is 0 Å². The Labute approximate surface area is 201 Å². The highest BCUT2D eigenvalue weighted by Crippen LogP contribution is 2.29. The lowest BCUT2D eigenvalue weighted by molar-refractivity contribution is 0.124. The lowest BCUT2D eigenvalue weighted by Crippen LogP contribution is -2.23. The molecule has 4 rings (SSSR count). The Hall–Kier alpha value is -3.56. The zero-order chi connectivity index (χ0) is 24.1. The van der Waals surface area contributed by atoms with Crippen LogP contribution in [0.1, 0.15) is 5.56 Å². The molecule has 0 bridgehead atoms. The number of benzene rings is 2. The molecular weight excluding hydrogens is 452 g/mol. The van der Waals surface area contributed by atoms with Crippen LogP contribution in [0.25, 0.3) is 16.7 Å². The normalized spacial score (nSPS) is 12.1. The average Bonchev–Trinajstić information content (AvgIpc) is 3.28. The number of methoxy groups -OCH3 is 1. The van der Waals surface area contributed by atoms with Crippen molar-refractivity contribution >= 4 is 28.4 Å². The fraction of sp³-hybridized carbons (Fsp3) is 0.240. The number of ether oxygens (including phenoxy) is 2. The summed E-state index contributed by atoms with van der Waals surface area (Å²) in [6.45, 7) is 7.89. The van der Waals surface area contributed by atoms with Crippen LogP contribution in [0.5, 0.6) is 11.5 Å². The standard InChI is InChI=1S/C25H26N4O4S/c1-4-8-17-11-12-21(22(14-17)32-3)33-15-18(30)16-34-25-27-26-24-28(13-5-2)23(31)19-9-6-7-10-20(19)29(24)25/h4-7,9-12,14,18,30H,1-2,8,13,15-16H2,3H3. The number of para-hydroxylation sites is 1. The van der Waals surface area contributed by atoms with Gasteiger partial charge in [-0.2, -0.15) is 0 Å². The zero-order valence-electron chi connectivity index (χ0n) is 18.9. The maximum atomic E-state index is 12.9. The first-order valence-electron chi connectivity index (χ1n) is 10.8. The summed E-state index contributed by atoms with van der Waals surface area (Å²) in [6.07, 6.45) is 3.44. The first-order valence-corrected chi connectivity index (χ1v) is 11.7. The van der Waals surface area contributed by atoms with Crippen molar-refractivity contribution in [3.8, 4) is 11.5 Å². The van der Waals surface area contributed by atoms with E-state index in [9.17, 15) is 9.90 Å². The van der Waals surface area contributed by atoms with Crippen molar-refractivity contribution in [3.63, 3.8) is 0 Å². The zero-order valence-corrected chi connectivity index (χ0v) is 19.7. The summed E-state index contributed by atoms with van der Waals surface area (Å²) in [4.78, 5) is 12.9. The summed E-state index contributed by atoms with van der Waals surface area (Å²) in [5.74, 6) is 1.93. The number of hydrogen-bond acceptors (Lipinski definition) is 7. The van der Waals surface area contributed by atoms with Crippen molar-refractivity contribution in [2.45, 2.75) is 24.2 Å². The molecule has 1 unspecified atom stereocenters. The van der Waals surface area contributed by atoms with E-state index in [1.165, 1.54) is 16.3 Å². The molecule has 2 aromatic heterocycles. The fourth-order valence-corrected chi connectivity index (χ4v) is 4.50. The molecule has 0 fully saturated rings. The number of aromatic nitrogens is 4. The minimum absolute atomic E-state index is 0.0861. The van der Waals surface area contributed by atoms with Gasteiger partial charge in [0.1, 0.15) is 6.61 Å². The SMILES string of the molecule is C=CCc1ccc(OCC(O)CSc2nnc3n(CC=C)c(=O)c4ccccc4n23)c(OC)c1. The molecule has 8 nitrogen and oxygen atoms in total. The topological polar surface area (TPSA) is 90.9 Å². The van der Waals surface area contributed by atoms with Crippen LogP contribution >= 0.6 is 11.8 Å². The summed E-state index contributed by atoms with van der Waals surface area (Å²) in [7, 11) is 1.58. The van der Waals surface area contributed by atoms with Gasteiger partial charge in [-0.25, -0.2) is 0 Å². The van der Waals surface area contributed by atoms with Gasteiger partial charge in [-0.15, -0.1) is 23.4 Å². The molecule has 0 aliphatic rings.